The van der Waals surface area contributed by atoms with Crippen molar-refractivity contribution in [2.24, 2.45) is 0 Å². The molecule has 0 fully saturated rings. The van der Waals surface area contributed by atoms with Gasteiger partial charge in [-0.25, -0.2) is 0 Å². The minimum Gasteiger partial charge on any atom is -0.192 e. The number of nitrogens with zero attached hydrogens (tertiary/aromatic N) is 1. The molecule has 1 nitrogen and oxygen atoms in total. The van der Waals surface area contributed by atoms with Crippen LogP contribution in [0.1, 0.15) is 11.1 Å². The molecule has 0 N–H and O–H groups in total. The first-order chi connectivity index (χ1) is 5.27. The van der Waals surface area contributed by atoms with E-state index >= 15 is 0 Å². The number of aryl methyl sites for hydroxylation is 1. The van der Waals surface area contributed by atoms with Gasteiger partial charge in [0.05, 0.1) is 22.6 Å². The van der Waals surface area contributed by atoms with Crippen molar-refractivity contribution in [3.05, 3.63) is 29.3 Å². The van der Waals surface area contributed by atoms with Crippen molar-refractivity contribution in [2.45, 2.75) is 11.8 Å². The molecule has 0 heterocycles. The van der Waals surface area contributed by atoms with Gasteiger partial charge in [0, 0.05) is 0 Å². The lowest BCUT2D eigenvalue weighted by Gasteiger charge is -1.96. The SMILES string of the molecule is Cc1ccc(SF)c(C#N)c1. The monoisotopic (exact) mass is 167 g/mol. The quantitative estimate of drug-likeness (QED) is 0.642. The largest absolute Gasteiger partial charge is 0.192 e. The van der Waals surface area contributed by atoms with E-state index in [4.69, 9.17) is 5.26 Å². The molecule has 0 atom stereocenters. The number of nitriles is 1. The van der Waals surface area contributed by atoms with Crippen molar-refractivity contribution in [1.82, 2.24) is 0 Å². The molecule has 0 amide bonds. The van der Waals surface area contributed by atoms with Crippen molar-refractivity contribution >= 4 is 12.1 Å². The lowest BCUT2D eigenvalue weighted by atomic mass is 10.2. The molecule has 1 aromatic rings. The van der Waals surface area contributed by atoms with Gasteiger partial charge in [-0.1, -0.05) is 6.07 Å². The lowest BCUT2D eigenvalue weighted by Crippen LogP contribution is -1.80. The molecule has 0 aliphatic rings. The minimum atomic E-state index is 0.106. The summed E-state index contributed by atoms with van der Waals surface area (Å²) in [6.07, 6.45) is 0. The summed E-state index contributed by atoms with van der Waals surface area (Å²) < 4.78 is 12.1. The van der Waals surface area contributed by atoms with Crippen LogP contribution in [0.3, 0.4) is 0 Å². The molecule has 11 heavy (non-hydrogen) atoms. The van der Waals surface area contributed by atoms with E-state index in [1.54, 1.807) is 18.2 Å². The van der Waals surface area contributed by atoms with Crippen molar-refractivity contribution in [1.29, 1.82) is 5.26 Å². The molecule has 0 bridgehead atoms. The Morgan fingerprint density at radius 3 is 2.82 bits per heavy atom. The third kappa shape index (κ3) is 1.72. The van der Waals surface area contributed by atoms with Crippen LogP contribution >= 0.6 is 12.1 Å². The van der Waals surface area contributed by atoms with E-state index in [0.29, 0.717) is 10.5 Å². The summed E-state index contributed by atoms with van der Waals surface area (Å²) in [6, 6.07) is 6.99. The molecular formula is C8H6FNS. The Hall–Kier alpha value is -1.01. The molecule has 0 aliphatic heterocycles. The van der Waals surface area contributed by atoms with Crippen molar-refractivity contribution < 1.29 is 3.89 Å². The molecule has 0 aliphatic carbocycles. The maximum Gasteiger partial charge on any atom is 0.100 e. The van der Waals surface area contributed by atoms with E-state index in [2.05, 4.69) is 0 Å². The molecule has 0 saturated heterocycles. The molecule has 1 rings (SSSR count). The van der Waals surface area contributed by atoms with Gasteiger partial charge >= 0.3 is 0 Å². The second-order valence-corrected chi connectivity index (χ2v) is 2.78. The number of hydrogen-bond acceptors (Lipinski definition) is 2. The highest BCUT2D eigenvalue weighted by molar-refractivity contribution is 7.94. The second kappa shape index (κ2) is 3.40. The fraction of sp³-hybridized carbons (Fsp3) is 0.125. The van der Waals surface area contributed by atoms with Gasteiger partial charge in [-0.15, -0.1) is 0 Å². The fourth-order valence-corrected chi connectivity index (χ4v) is 1.11. The van der Waals surface area contributed by atoms with E-state index in [-0.39, 0.29) is 12.1 Å². The molecule has 1 aromatic carbocycles. The molecule has 0 saturated carbocycles. The lowest BCUT2D eigenvalue weighted by molar-refractivity contribution is 0.933. The predicted molar refractivity (Wildman–Crippen MR) is 42.9 cm³/mol. The zero-order chi connectivity index (χ0) is 8.27. The molecular weight excluding hydrogens is 161 g/mol. The van der Waals surface area contributed by atoms with Gasteiger partial charge in [0.1, 0.15) is 6.07 Å². The van der Waals surface area contributed by atoms with Crippen LogP contribution in [0.2, 0.25) is 0 Å². The Labute approximate surface area is 69.1 Å². The van der Waals surface area contributed by atoms with E-state index in [0.717, 1.165) is 5.56 Å². The van der Waals surface area contributed by atoms with Crippen molar-refractivity contribution in [2.75, 3.05) is 0 Å². The molecule has 0 radical (unpaired) electrons. The summed E-state index contributed by atoms with van der Waals surface area (Å²) in [5.41, 5.74) is 1.37. The average Bonchev–Trinajstić information content (AvgIpc) is 2.04. The summed E-state index contributed by atoms with van der Waals surface area (Å²) in [7, 11) is 0. The average molecular weight is 167 g/mol. The number of hydrogen-bond donors (Lipinski definition) is 0. The van der Waals surface area contributed by atoms with E-state index in [1.165, 1.54) is 0 Å². The second-order valence-electron chi connectivity index (χ2n) is 2.19. The van der Waals surface area contributed by atoms with E-state index in [1.807, 2.05) is 13.0 Å². The molecule has 0 aromatic heterocycles. The Balaban J connectivity index is 3.19. The first-order valence-corrected chi connectivity index (χ1v) is 3.79. The van der Waals surface area contributed by atoms with Gasteiger partial charge < -0.3 is 0 Å². The van der Waals surface area contributed by atoms with Crippen LogP contribution in [0.25, 0.3) is 0 Å². The van der Waals surface area contributed by atoms with Crippen molar-refractivity contribution in [3.63, 3.8) is 0 Å². The fourth-order valence-electron chi connectivity index (χ4n) is 0.798. The van der Waals surface area contributed by atoms with Crippen molar-refractivity contribution in [3.8, 4) is 6.07 Å². The molecule has 0 spiro atoms. The van der Waals surface area contributed by atoms with Gasteiger partial charge in [0.2, 0.25) is 0 Å². The van der Waals surface area contributed by atoms with Crippen LogP contribution in [0.4, 0.5) is 3.89 Å². The third-order valence-corrected chi connectivity index (χ3v) is 1.86. The summed E-state index contributed by atoms with van der Waals surface area (Å²) in [5, 5.41) is 8.54. The highest BCUT2D eigenvalue weighted by Gasteiger charge is 2.01. The molecule has 3 heteroatoms. The minimum absolute atomic E-state index is 0.106. The Kier molecular flexibility index (Phi) is 2.50. The highest BCUT2D eigenvalue weighted by Crippen LogP contribution is 2.23. The normalized spacial score (nSPS) is 9.18. The highest BCUT2D eigenvalue weighted by atomic mass is 32.2. The number of rotatable bonds is 1. The maximum atomic E-state index is 12.1. The van der Waals surface area contributed by atoms with Gasteiger partial charge in [0.15, 0.2) is 0 Å². The van der Waals surface area contributed by atoms with Crippen LogP contribution < -0.4 is 0 Å². The first-order valence-electron chi connectivity index (χ1n) is 3.07. The van der Waals surface area contributed by atoms with Gasteiger partial charge in [-0.3, -0.25) is 0 Å². The maximum absolute atomic E-state index is 12.1. The predicted octanol–water partition coefficient (Wildman–Crippen LogP) is 2.84. The van der Waals surface area contributed by atoms with E-state index < -0.39 is 0 Å². The Morgan fingerprint density at radius 1 is 1.55 bits per heavy atom. The summed E-state index contributed by atoms with van der Waals surface area (Å²) >= 11 is 0.106. The summed E-state index contributed by atoms with van der Waals surface area (Å²) in [5.74, 6) is 0. The van der Waals surface area contributed by atoms with Gasteiger partial charge in [-0.05, 0) is 24.6 Å². The Bertz CT molecular complexity index is 303. The van der Waals surface area contributed by atoms with Crippen LogP contribution in [-0.4, -0.2) is 0 Å². The van der Waals surface area contributed by atoms with E-state index in [9.17, 15) is 3.89 Å². The molecule has 0 unspecified atom stereocenters. The smallest absolute Gasteiger partial charge is 0.100 e. The van der Waals surface area contributed by atoms with Crippen LogP contribution in [0.5, 0.6) is 0 Å². The first kappa shape index (κ1) is 8.09. The molecule has 56 valence electrons. The van der Waals surface area contributed by atoms with Gasteiger partial charge in [0.25, 0.3) is 0 Å². The topological polar surface area (TPSA) is 23.8 Å². The van der Waals surface area contributed by atoms with Crippen LogP contribution in [0.15, 0.2) is 23.1 Å². The zero-order valence-corrected chi connectivity index (χ0v) is 6.78. The third-order valence-electron chi connectivity index (χ3n) is 1.34. The summed E-state index contributed by atoms with van der Waals surface area (Å²) in [6.45, 7) is 1.87. The Morgan fingerprint density at radius 2 is 2.27 bits per heavy atom. The van der Waals surface area contributed by atoms with Gasteiger partial charge in [-0.2, -0.15) is 9.15 Å². The number of halogens is 1. The van der Waals surface area contributed by atoms with Crippen LogP contribution in [0, 0.1) is 18.3 Å². The zero-order valence-electron chi connectivity index (χ0n) is 5.97. The van der Waals surface area contributed by atoms with Crippen LogP contribution in [-0.2, 0) is 0 Å². The summed E-state index contributed by atoms with van der Waals surface area (Å²) in [4.78, 5) is 0.387. The standard InChI is InChI=1S/C8H6FNS/c1-6-2-3-8(11-9)7(4-6)5-10/h2-4H,1H3. The number of benzene rings is 1.